The van der Waals surface area contributed by atoms with E-state index in [4.69, 9.17) is 9.47 Å². The summed E-state index contributed by atoms with van der Waals surface area (Å²) in [4.78, 5) is 28.0. The van der Waals surface area contributed by atoms with Gasteiger partial charge in [0.25, 0.3) is 20.2 Å². The monoisotopic (exact) mass is 1130 g/mol. The molecule has 26 nitrogen and oxygen atoms in total. The summed E-state index contributed by atoms with van der Waals surface area (Å²) in [6.07, 6.45) is 2.28. The minimum Gasteiger partial charge on any atom is -0.744 e. The van der Waals surface area contributed by atoms with Crippen LogP contribution in [0.5, 0.6) is 0 Å². The molecular formula is C40H38N12Na4O14S4+2. The van der Waals surface area contributed by atoms with Gasteiger partial charge in [-0.15, -0.1) is 0 Å². The van der Waals surface area contributed by atoms with Crippen LogP contribution in [0.1, 0.15) is 11.1 Å². The van der Waals surface area contributed by atoms with E-state index in [2.05, 4.69) is 51.2 Å². The molecule has 0 amide bonds. The van der Waals surface area contributed by atoms with Gasteiger partial charge in [-0.2, -0.15) is 46.7 Å². The predicted molar refractivity (Wildman–Crippen MR) is 249 cm³/mol. The number of hydrogen-bond acceptors (Lipinski definition) is 24. The predicted octanol–water partition coefficient (Wildman–Crippen LogP) is -8.81. The van der Waals surface area contributed by atoms with E-state index in [-0.39, 0.29) is 186 Å². The summed E-state index contributed by atoms with van der Waals surface area (Å²) < 4.78 is 152. The Morgan fingerprint density at radius 1 is 0.446 bits per heavy atom. The van der Waals surface area contributed by atoms with Crippen LogP contribution in [-0.2, 0) is 49.9 Å². The molecule has 2 fully saturated rings. The number of ether oxygens (including phenoxy) is 2. The minimum absolute atomic E-state index is 0. The van der Waals surface area contributed by atoms with Crippen molar-refractivity contribution in [1.82, 2.24) is 29.9 Å². The van der Waals surface area contributed by atoms with Crippen LogP contribution < -0.4 is 149 Å². The number of benzene rings is 4. The third-order valence-corrected chi connectivity index (χ3v) is 13.7. The molecule has 2 aromatic heterocycles. The third kappa shape index (κ3) is 17.2. The molecule has 4 heterocycles. The fourth-order valence-electron chi connectivity index (χ4n) is 6.81. The molecule has 6 aromatic rings. The Morgan fingerprint density at radius 3 is 1.01 bits per heavy atom. The quantitative estimate of drug-likeness (QED) is 0.0298. The number of morpholine rings is 2. The Morgan fingerprint density at radius 2 is 0.730 bits per heavy atom. The summed E-state index contributed by atoms with van der Waals surface area (Å²) in [7, 11) is -19.3. The average Bonchev–Trinajstić information content (AvgIpc) is 3.31. The van der Waals surface area contributed by atoms with Crippen LogP contribution in [0, 0.1) is 0 Å². The van der Waals surface area contributed by atoms with E-state index >= 15 is 0 Å². The first kappa shape index (κ1) is 63.5. The van der Waals surface area contributed by atoms with Crippen LogP contribution >= 0.6 is 0 Å². The zero-order chi connectivity index (χ0) is 49.8. The Kier molecular flexibility index (Phi) is 23.2. The fraction of sp³-hybridized carbons (Fsp3) is 0.200. The molecule has 8 rings (SSSR count). The van der Waals surface area contributed by atoms with Gasteiger partial charge in [-0.3, -0.25) is 9.11 Å². The summed E-state index contributed by atoms with van der Waals surface area (Å²) >= 11 is 0. The number of hydrogen-bond donors (Lipinski definition) is 6. The van der Waals surface area contributed by atoms with Gasteiger partial charge in [0.2, 0.25) is 35.7 Å². The smallest absolute Gasteiger partial charge is 0.744 e. The van der Waals surface area contributed by atoms with Crippen LogP contribution in [0.25, 0.3) is 12.2 Å². The number of nitrogens with one attached hydrogen (secondary N) is 4. The van der Waals surface area contributed by atoms with Crippen molar-refractivity contribution in [2.75, 3.05) is 83.7 Å². The molecule has 74 heavy (non-hydrogen) atoms. The van der Waals surface area contributed by atoms with Crippen LogP contribution in [0.2, 0.25) is 0 Å². The maximum atomic E-state index is 12.7. The second kappa shape index (κ2) is 27.0. The van der Waals surface area contributed by atoms with Crippen molar-refractivity contribution in [2.24, 2.45) is 0 Å². The van der Waals surface area contributed by atoms with Crippen molar-refractivity contribution >= 4 is 111 Å². The minimum atomic E-state index is -5.21. The maximum absolute atomic E-state index is 12.7. The van der Waals surface area contributed by atoms with E-state index in [0.717, 1.165) is 48.6 Å². The molecular weight excluding hydrogens is 1090 g/mol. The standard InChI is InChI=1S/C40H40N12O14S4.4Na/c53-67(54,55)31-11-7-27(8-12-31)41-35-45-37(49-39(47-35)51-15-19-65-20-16-51)43-29-5-3-25(33(23-29)69(59,60)61)1-2-26-4-6-30(24-34(26)70(62,63)64)44-38-46-36(48-40(50-38)52-17-21-66-22-18-52)42-28-9-13-32(14-10-28)68(56,57)58;;;;/h1-14,23-24H,15-22H2,(H,53,54,55)(H,56,57,58)(H,59,60,61)(H,62,63,64)(H2,41,43,45,47,49)(H2,42,44,46,48,50);;;;/q;4*+1/p-2/b2-1+;;;;. The number of nitrogens with zero attached hydrogens (tertiary/aromatic N) is 8. The molecule has 34 heteroatoms. The zero-order valence-corrected chi connectivity index (χ0v) is 51.2. The van der Waals surface area contributed by atoms with Gasteiger partial charge in [0.15, 0.2) is 0 Å². The average molecular weight is 1130 g/mol. The largest absolute Gasteiger partial charge is 1.00 e. The molecule has 0 bridgehead atoms. The van der Waals surface area contributed by atoms with Gasteiger partial charge in [0, 0.05) is 48.9 Å². The molecule has 2 aliphatic heterocycles. The van der Waals surface area contributed by atoms with Crippen molar-refractivity contribution in [3.63, 3.8) is 0 Å². The van der Waals surface area contributed by atoms with Gasteiger partial charge < -0.3 is 49.6 Å². The molecule has 368 valence electrons. The van der Waals surface area contributed by atoms with E-state index in [1.54, 1.807) is 9.80 Å². The van der Waals surface area contributed by atoms with Gasteiger partial charge in [0.05, 0.1) is 46.0 Å². The Balaban J connectivity index is 0.00000296. The Hall–Kier alpha value is -3.00. The molecule has 2 aliphatic rings. The summed E-state index contributed by atoms with van der Waals surface area (Å²) in [5.41, 5.74) is 0.398. The number of rotatable bonds is 16. The third-order valence-electron chi connectivity index (χ3n) is 10.2. The first-order valence-electron chi connectivity index (χ1n) is 20.4. The van der Waals surface area contributed by atoms with Crippen molar-refractivity contribution in [3.8, 4) is 0 Å². The first-order valence-corrected chi connectivity index (χ1v) is 26.1. The molecule has 0 aliphatic carbocycles. The molecule has 0 radical (unpaired) electrons. The van der Waals surface area contributed by atoms with Gasteiger partial charge >= 0.3 is 118 Å². The summed E-state index contributed by atoms with van der Waals surface area (Å²) in [6, 6.07) is 17.4. The van der Waals surface area contributed by atoms with Gasteiger partial charge in [-0.25, -0.2) is 16.8 Å². The van der Waals surface area contributed by atoms with Gasteiger partial charge in [-0.05, 0) is 83.9 Å². The van der Waals surface area contributed by atoms with Crippen LogP contribution in [0.3, 0.4) is 0 Å². The molecule has 4 aromatic carbocycles. The van der Waals surface area contributed by atoms with E-state index < -0.39 is 50.3 Å². The fourth-order valence-corrected chi connectivity index (χ4v) is 9.16. The summed E-state index contributed by atoms with van der Waals surface area (Å²) in [5.74, 6) is 0.155. The molecule has 0 atom stereocenters. The zero-order valence-electron chi connectivity index (χ0n) is 39.9. The molecule has 2 saturated heterocycles. The van der Waals surface area contributed by atoms with Crippen LogP contribution in [0.4, 0.5) is 58.4 Å². The van der Waals surface area contributed by atoms with Crippen molar-refractivity contribution in [3.05, 3.63) is 96.1 Å². The molecule has 0 saturated carbocycles. The SMILES string of the molecule is O=S(=O)([O-])c1cc(Nc2nc(Nc3ccc(S(=O)(=O)O)cc3)nc(N3CCOCC3)n2)ccc1/C=C/c1ccc(Nc2nc(Nc3ccc(S(=O)(=O)O)cc3)nc(N3CCOCC3)n2)cc1S(=O)(=O)[O-].[Na+].[Na+].[Na+].[Na+]. The van der Waals surface area contributed by atoms with E-state index in [9.17, 15) is 51.9 Å². The molecule has 0 unspecified atom stereocenters. The Labute approximate surface area is 513 Å². The van der Waals surface area contributed by atoms with E-state index in [1.807, 2.05) is 0 Å². The summed E-state index contributed by atoms with van der Waals surface area (Å²) in [5, 5.41) is 11.6. The topological polar surface area (TPSA) is 374 Å². The summed E-state index contributed by atoms with van der Waals surface area (Å²) in [6.45, 7) is 3.15. The normalized spacial score (nSPS) is 14.1. The van der Waals surface area contributed by atoms with Crippen molar-refractivity contribution in [2.45, 2.75) is 19.6 Å². The van der Waals surface area contributed by atoms with E-state index in [0.29, 0.717) is 64.0 Å². The van der Waals surface area contributed by atoms with Crippen LogP contribution in [0.15, 0.2) is 105 Å². The van der Waals surface area contributed by atoms with Crippen molar-refractivity contribution in [1.29, 1.82) is 0 Å². The molecule has 6 N–H and O–H groups in total. The van der Waals surface area contributed by atoms with Crippen molar-refractivity contribution < 1.29 is 180 Å². The number of aromatic nitrogens is 6. The van der Waals surface area contributed by atoms with Crippen LogP contribution in [-0.4, -0.2) is 134 Å². The maximum Gasteiger partial charge on any atom is 1.00 e. The van der Waals surface area contributed by atoms with Gasteiger partial charge in [0.1, 0.15) is 20.2 Å². The van der Waals surface area contributed by atoms with Gasteiger partial charge in [-0.1, -0.05) is 24.3 Å². The second-order valence-corrected chi connectivity index (χ2v) is 20.5. The first-order chi connectivity index (χ1) is 33.1. The Bertz CT molecular complexity index is 3210. The molecule has 0 spiro atoms. The van der Waals surface area contributed by atoms with E-state index in [1.165, 1.54) is 48.5 Å². The second-order valence-electron chi connectivity index (χ2n) is 15.0. The number of anilines is 10.